The van der Waals surface area contributed by atoms with E-state index in [-0.39, 0.29) is 0 Å². The van der Waals surface area contributed by atoms with Gasteiger partial charge in [-0.25, -0.2) is 4.79 Å². The number of rotatable bonds is 2. The van der Waals surface area contributed by atoms with Crippen LogP contribution in [0, 0.1) is 0 Å². The molecule has 46 valence electrons. The fourth-order valence-corrected chi connectivity index (χ4v) is 0.340. The first-order chi connectivity index (χ1) is 3.72. The molecule has 1 unspecified atom stereocenters. The molecular weight excluding hydrogens is 131 g/mol. The Bertz CT molecular complexity index is 101. The van der Waals surface area contributed by atoms with Crippen LogP contribution in [0.3, 0.4) is 0 Å². The molecule has 1 atom stereocenters. The highest BCUT2D eigenvalue weighted by molar-refractivity contribution is 7.25. The highest BCUT2D eigenvalue weighted by Gasteiger charge is 2.13. The number of esters is 1. The van der Waals surface area contributed by atoms with Crippen molar-refractivity contribution in [1.29, 1.82) is 0 Å². The summed E-state index contributed by atoms with van der Waals surface area (Å²) in [5.74, 6) is -2.42. The number of aliphatic hydroxyl groups is 1. The molecule has 0 heterocycles. The summed E-state index contributed by atoms with van der Waals surface area (Å²) in [7, 11) is 0.477. The number of aliphatic hydroxyl groups excluding tert-OH is 1. The average Bonchev–Trinajstić information content (AvgIpc) is 1.84. The molecule has 0 fully saturated rings. The summed E-state index contributed by atoms with van der Waals surface area (Å²) in [5.41, 5.74) is 0. The van der Waals surface area contributed by atoms with Crippen LogP contribution in [-0.4, -0.2) is 24.0 Å². The van der Waals surface area contributed by atoms with Crippen molar-refractivity contribution in [2.45, 2.75) is 5.85 Å². The lowest BCUT2D eigenvalue weighted by molar-refractivity contribution is -0.145. The van der Waals surface area contributed by atoms with Gasteiger partial charge in [-0.3, -0.25) is 4.57 Å². The Morgan fingerprint density at radius 1 is 1.88 bits per heavy atom. The summed E-state index contributed by atoms with van der Waals surface area (Å²) in [5, 5.41) is 8.33. The van der Waals surface area contributed by atoms with Crippen LogP contribution in [0.4, 0.5) is 0 Å². The van der Waals surface area contributed by atoms with Gasteiger partial charge in [-0.15, -0.1) is 0 Å². The molecule has 0 aliphatic carbocycles. The SMILES string of the molecule is COC(=O)C(O)P=O. The van der Waals surface area contributed by atoms with Crippen LogP contribution >= 0.6 is 8.46 Å². The maximum atomic E-state index is 10.1. The Hall–Kier alpha value is -0.470. The highest BCUT2D eigenvalue weighted by atomic mass is 31.1. The van der Waals surface area contributed by atoms with Crippen LogP contribution in [0.25, 0.3) is 0 Å². The second-order valence-corrected chi connectivity index (χ2v) is 1.70. The summed E-state index contributed by atoms with van der Waals surface area (Å²) >= 11 is 0. The molecule has 0 rings (SSSR count). The van der Waals surface area contributed by atoms with Gasteiger partial charge >= 0.3 is 5.97 Å². The van der Waals surface area contributed by atoms with Crippen LogP contribution in [-0.2, 0) is 14.1 Å². The Labute approximate surface area is 47.7 Å². The molecule has 0 aliphatic rings. The molecule has 0 bridgehead atoms. The number of carbonyl (C=O) groups is 1. The largest absolute Gasteiger partial charge is 0.466 e. The van der Waals surface area contributed by atoms with E-state index in [4.69, 9.17) is 5.11 Å². The van der Waals surface area contributed by atoms with Gasteiger partial charge < -0.3 is 9.84 Å². The van der Waals surface area contributed by atoms with E-state index in [0.717, 1.165) is 7.11 Å². The molecule has 0 aromatic rings. The Morgan fingerprint density at radius 3 is 2.50 bits per heavy atom. The average molecular weight is 136 g/mol. The first kappa shape index (κ1) is 7.53. The zero-order valence-electron chi connectivity index (χ0n) is 4.20. The van der Waals surface area contributed by atoms with Crippen LogP contribution < -0.4 is 0 Å². The summed E-state index contributed by atoms with van der Waals surface area (Å²) < 4.78 is 13.7. The Balaban J connectivity index is 3.62. The molecule has 0 aromatic heterocycles. The van der Waals surface area contributed by atoms with Crippen molar-refractivity contribution in [3.63, 3.8) is 0 Å². The second-order valence-electron chi connectivity index (χ2n) is 1.00. The molecular formula is C3H5O4P. The molecule has 5 heteroatoms. The van der Waals surface area contributed by atoms with Crippen molar-refractivity contribution in [3.8, 4) is 0 Å². The number of carbonyl (C=O) groups excluding carboxylic acids is 1. The van der Waals surface area contributed by atoms with E-state index in [1.165, 1.54) is 0 Å². The van der Waals surface area contributed by atoms with Crippen molar-refractivity contribution < 1.29 is 19.2 Å². The Morgan fingerprint density at radius 2 is 2.38 bits per heavy atom. The smallest absolute Gasteiger partial charge is 0.346 e. The molecule has 0 radical (unpaired) electrons. The molecule has 0 aliphatic heterocycles. The van der Waals surface area contributed by atoms with E-state index in [0.29, 0.717) is 0 Å². The summed E-state index contributed by atoms with van der Waals surface area (Å²) in [6, 6.07) is 0. The lowest BCUT2D eigenvalue weighted by atomic mass is 10.7. The zero-order valence-corrected chi connectivity index (χ0v) is 5.09. The normalized spacial score (nSPS) is 13.2. The van der Waals surface area contributed by atoms with Gasteiger partial charge in [0.25, 0.3) is 0 Å². The predicted octanol–water partition coefficient (Wildman–Crippen LogP) is -0.231. The standard InChI is InChI=1S/C3H5O4P/c1-7-2(4)3(5)8-6/h3,5H,1H3. The maximum Gasteiger partial charge on any atom is 0.346 e. The molecule has 0 aromatic carbocycles. The third-order valence-corrected chi connectivity index (χ3v) is 0.922. The molecule has 0 saturated carbocycles. The first-order valence-corrected chi connectivity index (χ1v) is 2.69. The maximum absolute atomic E-state index is 10.1. The molecule has 0 saturated heterocycles. The van der Waals surface area contributed by atoms with Crippen LogP contribution in [0.2, 0.25) is 0 Å². The van der Waals surface area contributed by atoms with E-state index in [1.807, 2.05) is 0 Å². The van der Waals surface area contributed by atoms with Crippen molar-refractivity contribution in [1.82, 2.24) is 0 Å². The minimum Gasteiger partial charge on any atom is -0.466 e. The van der Waals surface area contributed by atoms with Gasteiger partial charge in [0.15, 0.2) is 8.46 Å². The minimum absolute atomic E-state index is 0.631. The predicted molar refractivity (Wildman–Crippen MR) is 25.6 cm³/mol. The van der Waals surface area contributed by atoms with Crippen LogP contribution in [0.5, 0.6) is 0 Å². The molecule has 8 heavy (non-hydrogen) atoms. The van der Waals surface area contributed by atoms with Crippen molar-refractivity contribution >= 4 is 14.4 Å². The van der Waals surface area contributed by atoms with Gasteiger partial charge in [-0.1, -0.05) is 0 Å². The second kappa shape index (κ2) is 3.52. The first-order valence-electron chi connectivity index (χ1n) is 1.80. The topological polar surface area (TPSA) is 63.6 Å². The summed E-state index contributed by atoms with van der Waals surface area (Å²) in [6.45, 7) is 0. The fourth-order valence-electron chi connectivity index (χ4n) is 0.148. The number of hydrogen-bond acceptors (Lipinski definition) is 4. The minimum atomic E-state index is -1.53. The third kappa shape index (κ3) is 2.00. The summed E-state index contributed by atoms with van der Waals surface area (Å²) in [4.78, 5) is 10.1. The van der Waals surface area contributed by atoms with Crippen molar-refractivity contribution in [2.75, 3.05) is 7.11 Å². The lowest BCUT2D eigenvalue weighted by Crippen LogP contribution is -2.14. The van der Waals surface area contributed by atoms with E-state index in [9.17, 15) is 9.36 Å². The molecule has 1 N–H and O–H groups in total. The highest BCUT2D eigenvalue weighted by Crippen LogP contribution is 2.02. The molecule has 0 spiro atoms. The van der Waals surface area contributed by atoms with Crippen LogP contribution in [0.15, 0.2) is 0 Å². The van der Waals surface area contributed by atoms with Gasteiger partial charge in [0, 0.05) is 0 Å². The van der Waals surface area contributed by atoms with E-state index >= 15 is 0 Å². The van der Waals surface area contributed by atoms with E-state index in [1.54, 1.807) is 0 Å². The zero-order chi connectivity index (χ0) is 6.57. The number of hydrogen-bond donors (Lipinski definition) is 1. The van der Waals surface area contributed by atoms with E-state index < -0.39 is 20.3 Å². The third-order valence-electron chi connectivity index (χ3n) is 0.512. The van der Waals surface area contributed by atoms with Gasteiger partial charge in [-0.05, 0) is 0 Å². The number of methoxy groups -OCH3 is 1. The van der Waals surface area contributed by atoms with Gasteiger partial charge in [0.2, 0.25) is 5.85 Å². The van der Waals surface area contributed by atoms with Crippen molar-refractivity contribution in [2.24, 2.45) is 0 Å². The van der Waals surface area contributed by atoms with Crippen LogP contribution in [0.1, 0.15) is 0 Å². The molecule has 0 amide bonds. The fraction of sp³-hybridized carbons (Fsp3) is 0.667. The van der Waals surface area contributed by atoms with E-state index in [2.05, 4.69) is 4.74 Å². The van der Waals surface area contributed by atoms with Gasteiger partial charge in [-0.2, -0.15) is 0 Å². The Kier molecular flexibility index (Phi) is 3.31. The van der Waals surface area contributed by atoms with Crippen molar-refractivity contribution in [3.05, 3.63) is 0 Å². The van der Waals surface area contributed by atoms with Gasteiger partial charge in [0.1, 0.15) is 0 Å². The molecule has 4 nitrogen and oxygen atoms in total. The quantitative estimate of drug-likeness (QED) is 0.420. The number of ether oxygens (including phenoxy) is 1. The summed E-state index contributed by atoms with van der Waals surface area (Å²) in [6.07, 6.45) is 0. The lowest BCUT2D eigenvalue weighted by Gasteiger charge is -1.95. The monoisotopic (exact) mass is 136 g/mol. The van der Waals surface area contributed by atoms with Gasteiger partial charge in [0.05, 0.1) is 7.11 Å².